The Bertz CT molecular complexity index is 654. The van der Waals surface area contributed by atoms with Crippen LogP contribution in [0, 0.1) is 0 Å². The highest BCUT2D eigenvalue weighted by Crippen LogP contribution is 2.10. The second-order valence-electron chi connectivity index (χ2n) is 5.59. The van der Waals surface area contributed by atoms with Crippen molar-refractivity contribution < 1.29 is 9.59 Å². The number of rotatable bonds is 8. The Morgan fingerprint density at radius 1 is 1.04 bits per heavy atom. The molecule has 0 unspecified atom stereocenters. The number of benzene rings is 1. The minimum absolute atomic E-state index is 0.0116. The lowest BCUT2D eigenvalue weighted by Gasteiger charge is -2.07. The van der Waals surface area contributed by atoms with Crippen molar-refractivity contribution in [2.45, 2.75) is 32.6 Å². The molecule has 1 aromatic carbocycles. The predicted octanol–water partition coefficient (Wildman–Crippen LogP) is 2.72. The average molecular weight is 325 g/mol. The number of aromatic nitrogens is 1. The van der Waals surface area contributed by atoms with Crippen LogP contribution in [0.4, 0.5) is 5.69 Å². The molecular formula is C19H23N3O2. The molecular weight excluding hydrogens is 302 g/mol. The normalized spacial score (nSPS) is 10.2. The Morgan fingerprint density at radius 2 is 1.83 bits per heavy atom. The predicted molar refractivity (Wildman–Crippen MR) is 94.6 cm³/mol. The van der Waals surface area contributed by atoms with Crippen LogP contribution in [0.2, 0.25) is 0 Å². The Balaban J connectivity index is 1.74. The summed E-state index contributed by atoms with van der Waals surface area (Å²) in [6.07, 6.45) is 4.13. The molecule has 5 heteroatoms. The summed E-state index contributed by atoms with van der Waals surface area (Å²) >= 11 is 0. The summed E-state index contributed by atoms with van der Waals surface area (Å²) in [5, 5.41) is 5.72. The molecule has 0 spiro atoms. The first-order valence-electron chi connectivity index (χ1n) is 8.22. The number of carbonyl (C=O) groups is 2. The third-order valence-corrected chi connectivity index (χ3v) is 3.51. The molecule has 2 N–H and O–H groups in total. The van der Waals surface area contributed by atoms with Crippen LogP contribution in [0.3, 0.4) is 0 Å². The van der Waals surface area contributed by atoms with Gasteiger partial charge in [0, 0.05) is 37.0 Å². The van der Waals surface area contributed by atoms with Crippen molar-refractivity contribution in [3.8, 4) is 0 Å². The van der Waals surface area contributed by atoms with E-state index in [0.29, 0.717) is 19.4 Å². The first-order valence-corrected chi connectivity index (χ1v) is 8.22. The number of hydrogen-bond donors (Lipinski definition) is 2. The quantitative estimate of drug-likeness (QED) is 0.784. The van der Waals surface area contributed by atoms with Crippen LogP contribution in [0.5, 0.6) is 0 Å². The maximum absolute atomic E-state index is 11.9. The molecule has 24 heavy (non-hydrogen) atoms. The third kappa shape index (κ3) is 6.20. The van der Waals surface area contributed by atoms with Crippen molar-refractivity contribution in [3.05, 3.63) is 59.9 Å². The van der Waals surface area contributed by atoms with Gasteiger partial charge in [-0.15, -0.1) is 0 Å². The van der Waals surface area contributed by atoms with E-state index in [1.54, 1.807) is 6.20 Å². The molecule has 1 heterocycles. The zero-order valence-electron chi connectivity index (χ0n) is 13.9. The smallest absolute Gasteiger partial charge is 0.224 e. The fourth-order valence-corrected chi connectivity index (χ4v) is 2.28. The van der Waals surface area contributed by atoms with E-state index < -0.39 is 0 Å². The summed E-state index contributed by atoms with van der Waals surface area (Å²) in [6.45, 7) is 2.54. The van der Waals surface area contributed by atoms with Crippen molar-refractivity contribution in [3.63, 3.8) is 0 Å². The van der Waals surface area contributed by atoms with E-state index in [1.165, 1.54) is 0 Å². The van der Waals surface area contributed by atoms with E-state index >= 15 is 0 Å². The molecule has 5 nitrogen and oxygen atoms in total. The van der Waals surface area contributed by atoms with E-state index in [-0.39, 0.29) is 11.8 Å². The molecule has 0 radical (unpaired) electrons. The van der Waals surface area contributed by atoms with Gasteiger partial charge >= 0.3 is 0 Å². The van der Waals surface area contributed by atoms with Gasteiger partial charge in [-0.1, -0.05) is 25.1 Å². The third-order valence-electron chi connectivity index (χ3n) is 3.51. The fourth-order valence-electron chi connectivity index (χ4n) is 2.28. The topological polar surface area (TPSA) is 71.1 Å². The standard InChI is InChI=1S/C19H23N3O2/c1-2-5-18(23)22-17-9-7-15(8-10-17)14-19(24)21-13-11-16-6-3-4-12-20-16/h3-4,6-10,12H,2,5,11,13-14H2,1H3,(H,21,24)(H,22,23). The van der Waals surface area contributed by atoms with Crippen LogP contribution >= 0.6 is 0 Å². The number of nitrogens with one attached hydrogen (secondary N) is 2. The van der Waals surface area contributed by atoms with Gasteiger partial charge in [0.2, 0.25) is 11.8 Å². The van der Waals surface area contributed by atoms with Crippen LogP contribution < -0.4 is 10.6 Å². The van der Waals surface area contributed by atoms with Crippen LogP contribution in [-0.2, 0) is 22.4 Å². The molecule has 0 fully saturated rings. The SMILES string of the molecule is CCCC(=O)Nc1ccc(CC(=O)NCCc2ccccn2)cc1. The molecule has 0 saturated heterocycles. The first-order chi connectivity index (χ1) is 11.7. The number of hydrogen-bond acceptors (Lipinski definition) is 3. The Morgan fingerprint density at radius 3 is 2.50 bits per heavy atom. The minimum Gasteiger partial charge on any atom is -0.355 e. The number of carbonyl (C=O) groups excluding carboxylic acids is 2. The Labute approximate surface area is 142 Å². The van der Waals surface area contributed by atoms with E-state index in [1.807, 2.05) is 49.4 Å². The van der Waals surface area contributed by atoms with Crippen LogP contribution in [0.15, 0.2) is 48.7 Å². The average Bonchev–Trinajstić information content (AvgIpc) is 2.58. The summed E-state index contributed by atoms with van der Waals surface area (Å²) < 4.78 is 0. The fraction of sp³-hybridized carbons (Fsp3) is 0.316. The summed E-state index contributed by atoms with van der Waals surface area (Å²) in [4.78, 5) is 27.7. The highest BCUT2D eigenvalue weighted by Gasteiger charge is 2.05. The monoisotopic (exact) mass is 325 g/mol. The lowest BCUT2D eigenvalue weighted by Crippen LogP contribution is -2.27. The van der Waals surface area contributed by atoms with E-state index in [9.17, 15) is 9.59 Å². The molecule has 2 rings (SSSR count). The van der Waals surface area contributed by atoms with Gasteiger partial charge in [0.25, 0.3) is 0 Å². The van der Waals surface area contributed by atoms with Crippen molar-refractivity contribution in [2.24, 2.45) is 0 Å². The Kier molecular flexibility index (Phi) is 6.95. The van der Waals surface area contributed by atoms with Crippen LogP contribution in [-0.4, -0.2) is 23.3 Å². The molecule has 0 aliphatic rings. The summed E-state index contributed by atoms with van der Waals surface area (Å²) in [5.41, 5.74) is 2.64. The molecule has 1 aromatic heterocycles. The second-order valence-corrected chi connectivity index (χ2v) is 5.59. The second kappa shape index (κ2) is 9.45. The minimum atomic E-state index is -0.0197. The van der Waals surface area contributed by atoms with Crippen molar-refractivity contribution in [2.75, 3.05) is 11.9 Å². The van der Waals surface area contributed by atoms with Gasteiger partial charge in [-0.2, -0.15) is 0 Å². The molecule has 0 saturated carbocycles. The summed E-state index contributed by atoms with van der Waals surface area (Å²) in [7, 11) is 0. The van der Waals surface area contributed by atoms with Gasteiger partial charge in [0.1, 0.15) is 0 Å². The first kappa shape index (κ1) is 17.7. The summed E-state index contributed by atoms with van der Waals surface area (Å²) in [6, 6.07) is 13.1. The van der Waals surface area contributed by atoms with E-state index in [4.69, 9.17) is 0 Å². The van der Waals surface area contributed by atoms with Gasteiger partial charge in [0.05, 0.1) is 6.42 Å². The van der Waals surface area contributed by atoms with Crippen LogP contribution in [0.25, 0.3) is 0 Å². The van der Waals surface area contributed by atoms with E-state index in [0.717, 1.165) is 29.8 Å². The highest BCUT2D eigenvalue weighted by atomic mass is 16.2. The number of amides is 2. The van der Waals surface area contributed by atoms with Crippen molar-refractivity contribution >= 4 is 17.5 Å². The number of pyridine rings is 1. The zero-order chi connectivity index (χ0) is 17.2. The maximum Gasteiger partial charge on any atom is 0.224 e. The van der Waals surface area contributed by atoms with Gasteiger partial charge in [-0.25, -0.2) is 0 Å². The number of anilines is 1. The number of nitrogens with zero attached hydrogens (tertiary/aromatic N) is 1. The van der Waals surface area contributed by atoms with Crippen molar-refractivity contribution in [1.29, 1.82) is 0 Å². The molecule has 2 aromatic rings. The lowest BCUT2D eigenvalue weighted by molar-refractivity contribution is -0.120. The highest BCUT2D eigenvalue weighted by molar-refractivity contribution is 5.90. The molecule has 0 aliphatic carbocycles. The molecule has 2 amide bonds. The molecule has 0 bridgehead atoms. The zero-order valence-corrected chi connectivity index (χ0v) is 13.9. The molecule has 0 atom stereocenters. The van der Waals surface area contributed by atoms with Gasteiger partial charge in [-0.3, -0.25) is 14.6 Å². The summed E-state index contributed by atoms with van der Waals surface area (Å²) in [5.74, 6) is -0.00814. The maximum atomic E-state index is 11.9. The van der Waals surface area contributed by atoms with Gasteiger partial charge in [0.15, 0.2) is 0 Å². The van der Waals surface area contributed by atoms with Gasteiger partial charge < -0.3 is 10.6 Å². The van der Waals surface area contributed by atoms with Crippen molar-refractivity contribution in [1.82, 2.24) is 10.3 Å². The van der Waals surface area contributed by atoms with Gasteiger partial charge in [-0.05, 0) is 36.2 Å². The lowest BCUT2D eigenvalue weighted by atomic mass is 10.1. The molecule has 126 valence electrons. The Hall–Kier alpha value is -2.69. The molecule has 0 aliphatic heterocycles. The largest absolute Gasteiger partial charge is 0.355 e. The van der Waals surface area contributed by atoms with Crippen LogP contribution in [0.1, 0.15) is 31.0 Å². The van der Waals surface area contributed by atoms with E-state index in [2.05, 4.69) is 15.6 Å².